The van der Waals surface area contributed by atoms with Crippen LogP contribution in [0.5, 0.6) is 0 Å². The van der Waals surface area contributed by atoms with E-state index in [1.165, 1.54) is 44.1 Å². The van der Waals surface area contributed by atoms with Gasteiger partial charge in [-0.25, -0.2) is 0 Å². The molecule has 4 rings (SSSR count). The van der Waals surface area contributed by atoms with Gasteiger partial charge in [-0.15, -0.1) is 0 Å². The van der Waals surface area contributed by atoms with Crippen LogP contribution in [-0.4, -0.2) is 11.2 Å². The van der Waals surface area contributed by atoms with E-state index < -0.39 is 0 Å². The number of hydrogen-bond acceptors (Lipinski definition) is 1. The molecule has 0 aromatic carbocycles. The third-order valence-electron chi connectivity index (χ3n) is 11.1. The standard InChI is InChI=1S/C31H50O/c1-20(2)22(4)29(5,6)16-13-21(3)26-11-12-27-25-10-9-23-19-24(32)14-17-30(23,7)28(25)15-18-31(26,27)8/h9,13,16,20-21,24-28,32H,4,10-12,14-15,17-19H2,1-3,5-8H3. The molecule has 8 unspecified atom stereocenters. The maximum absolute atomic E-state index is 10.3. The predicted octanol–water partition coefficient (Wildman–Crippen LogP) is 8.36. The SMILES string of the molecule is C=C(C(C)C)C(C)(C)C=CC(C)C1CCC2C3CC=C4CC(O)CCC4(C)C3CCC12C. The van der Waals surface area contributed by atoms with Crippen LogP contribution in [0, 0.1) is 51.8 Å². The first-order chi connectivity index (χ1) is 14.9. The summed E-state index contributed by atoms with van der Waals surface area (Å²) in [5, 5.41) is 10.3. The van der Waals surface area contributed by atoms with E-state index in [9.17, 15) is 5.11 Å². The lowest BCUT2D eigenvalue weighted by molar-refractivity contribution is -0.0540. The van der Waals surface area contributed by atoms with Crippen molar-refractivity contribution < 1.29 is 5.11 Å². The van der Waals surface area contributed by atoms with Gasteiger partial charge < -0.3 is 5.11 Å². The largest absolute Gasteiger partial charge is 0.393 e. The topological polar surface area (TPSA) is 20.2 Å². The first-order valence-electron chi connectivity index (χ1n) is 13.7. The highest BCUT2D eigenvalue weighted by molar-refractivity contribution is 5.26. The van der Waals surface area contributed by atoms with Gasteiger partial charge in [0.05, 0.1) is 6.10 Å². The predicted molar refractivity (Wildman–Crippen MR) is 137 cm³/mol. The van der Waals surface area contributed by atoms with Crippen molar-refractivity contribution in [3.8, 4) is 0 Å². The molecule has 1 N–H and O–H groups in total. The Morgan fingerprint density at radius 3 is 2.50 bits per heavy atom. The molecule has 180 valence electrons. The molecule has 0 saturated heterocycles. The fraction of sp³-hybridized carbons (Fsp3) is 0.806. The Bertz CT molecular complexity index is 784. The molecule has 3 saturated carbocycles. The fourth-order valence-electron chi connectivity index (χ4n) is 8.92. The third-order valence-corrected chi connectivity index (χ3v) is 11.1. The van der Waals surface area contributed by atoms with Crippen LogP contribution in [-0.2, 0) is 0 Å². The molecule has 32 heavy (non-hydrogen) atoms. The number of rotatable bonds is 5. The summed E-state index contributed by atoms with van der Waals surface area (Å²) in [7, 11) is 0. The minimum atomic E-state index is -0.0979. The van der Waals surface area contributed by atoms with Gasteiger partial charge in [0.1, 0.15) is 0 Å². The van der Waals surface area contributed by atoms with Crippen LogP contribution in [0.25, 0.3) is 0 Å². The van der Waals surface area contributed by atoms with Crippen LogP contribution in [0.3, 0.4) is 0 Å². The average molecular weight is 439 g/mol. The summed E-state index contributed by atoms with van der Waals surface area (Å²) in [6.45, 7) is 21.3. The zero-order valence-electron chi connectivity index (χ0n) is 22.1. The van der Waals surface area contributed by atoms with Gasteiger partial charge >= 0.3 is 0 Å². The second-order valence-electron chi connectivity index (χ2n) is 13.5. The Morgan fingerprint density at radius 2 is 1.81 bits per heavy atom. The molecular formula is C31H50O. The van der Waals surface area contributed by atoms with Crippen molar-refractivity contribution in [2.45, 2.75) is 106 Å². The summed E-state index contributed by atoms with van der Waals surface area (Å²) >= 11 is 0. The molecule has 4 aliphatic carbocycles. The van der Waals surface area contributed by atoms with Gasteiger partial charge in [-0.2, -0.15) is 0 Å². The molecule has 0 aromatic heterocycles. The molecule has 0 radical (unpaired) electrons. The van der Waals surface area contributed by atoms with E-state index in [2.05, 4.69) is 73.3 Å². The Hall–Kier alpha value is -0.820. The highest BCUT2D eigenvalue weighted by Crippen LogP contribution is 2.67. The van der Waals surface area contributed by atoms with E-state index in [0.29, 0.717) is 22.7 Å². The molecule has 0 spiro atoms. The zero-order chi connectivity index (χ0) is 23.5. The van der Waals surface area contributed by atoms with Crippen molar-refractivity contribution in [3.05, 3.63) is 36.0 Å². The first kappa shape index (κ1) is 24.3. The molecular weight excluding hydrogens is 388 g/mol. The van der Waals surface area contributed by atoms with E-state index in [1.807, 2.05) is 0 Å². The van der Waals surface area contributed by atoms with Crippen LogP contribution >= 0.6 is 0 Å². The number of fused-ring (bicyclic) bond motifs is 5. The normalized spacial score (nSPS) is 42.9. The Morgan fingerprint density at radius 1 is 1.09 bits per heavy atom. The van der Waals surface area contributed by atoms with Crippen LogP contribution in [0.1, 0.15) is 99.8 Å². The lowest BCUT2D eigenvalue weighted by Gasteiger charge is -2.58. The van der Waals surface area contributed by atoms with Gasteiger partial charge in [-0.3, -0.25) is 0 Å². The molecule has 0 heterocycles. The lowest BCUT2D eigenvalue weighted by Crippen LogP contribution is -2.50. The zero-order valence-corrected chi connectivity index (χ0v) is 22.1. The number of aliphatic hydroxyl groups excluding tert-OH is 1. The van der Waals surface area contributed by atoms with Crippen molar-refractivity contribution in [3.63, 3.8) is 0 Å². The van der Waals surface area contributed by atoms with Gasteiger partial charge in [0.2, 0.25) is 0 Å². The summed E-state index contributed by atoms with van der Waals surface area (Å²) in [5.41, 5.74) is 3.85. The maximum Gasteiger partial charge on any atom is 0.0577 e. The third kappa shape index (κ3) is 3.89. The molecule has 0 bridgehead atoms. The lowest BCUT2D eigenvalue weighted by atomic mass is 9.47. The van der Waals surface area contributed by atoms with Crippen molar-refractivity contribution in [1.82, 2.24) is 0 Å². The molecule has 1 heteroatoms. The molecule has 0 aromatic rings. The van der Waals surface area contributed by atoms with Crippen molar-refractivity contribution in [2.24, 2.45) is 51.8 Å². The van der Waals surface area contributed by atoms with Gasteiger partial charge in [0.25, 0.3) is 0 Å². The van der Waals surface area contributed by atoms with E-state index in [4.69, 9.17) is 0 Å². The molecule has 1 nitrogen and oxygen atoms in total. The fourth-order valence-corrected chi connectivity index (χ4v) is 8.92. The van der Waals surface area contributed by atoms with Gasteiger partial charge in [-0.05, 0) is 97.7 Å². The highest BCUT2D eigenvalue weighted by atomic mass is 16.3. The number of hydrogen-bond donors (Lipinski definition) is 1. The second kappa shape index (κ2) is 8.44. The smallest absolute Gasteiger partial charge is 0.0577 e. The summed E-state index contributed by atoms with van der Waals surface area (Å²) in [6, 6.07) is 0. The minimum Gasteiger partial charge on any atom is -0.393 e. The average Bonchev–Trinajstić information content (AvgIpc) is 3.09. The minimum absolute atomic E-state index is 0.0731. The maximum atomic E-state index is 10.3. The molecule has 8 atom stereocenters. The monoisotopic (exact) mass is 438 g/mol. The van der Waals surface area contributed by atoms with Gasteiger partial charge in [0.15, 0.2) is 0 Å². The van der Waals surface area contributed by atoms with Gasteiger partial charge in [0, 0.05) is 5.41 Å². The quantitative estimate of drug-likeness (QED) is 0.427. The summed E-state index contributed by atoms with van der Waals surface area (Å²) in [4.78, 5) is 0. The van der Waals surface area contributed by atoms with E-state index in [0.717, 1.165) is 36.5 Å². The Kier molecular flexibility index (Phi) is 6.41. The summed E-state index contributed by atoms with van der Waals surface area (Å²) < 4.78 is 0. The van der Waals surface area contributed by atoms with E-state index in [1.54, 1.807) is 5.57 Å². The van der Waals surface area contributed by atoms with E-state index in [-0.39, 0.29) is 11.5 Å². The summed E-state index contributed by atoms with van der Waals surface area (Å²) in [6.07, 6.45) is 17.5. The second-order valence-corrected chi connectivity index (χ2v) is 13.5. The van der Waals surface area contributed by atoms with Crippen molar-refractivity contribution in [2.75, 3.05) is 0 Å². The molecule has 3 fully saturated rings. The molecule has 0 amide bonds. The van der Waals surface area contributed by atoms with E-state index >= 15 is 0 Å². The van der Waals surface area contributed by atoms with Crippen LogP contribution in [0.2, 0.25) is 0 Å². The Balaban J connectivity index is 1.52. The van der Waals surface area contributed by atoms with Crippen LogP contribution in [0.4, 0.5) is 0 Å². The van der Waals surface area contributed by atoms with Crippen molar-refractivity contribution in [1.29, 1.82) is 0 Å². The number of allylic oxidation sites excluding steroid dienone is 4. The first-order valence-corrected chi connectivity index (χ1v) is 13.7. The highest BCUT2D eigenvalue weighted by Gasteiger charge is 2.59. The Labute approximate surface area is 198 Å². The van der Waals surface area contributed by atoms with Crippen LogP contribution in [0.15, 0.2) is 36.0 Å². The molecule has 4 aliphatic rings. The van der Waals surface area contributed by atoms with Gasteiger partial charge in [-0.1, -0.05) is 84.4 Å². The number of aliphatic hydroxyl groups is 1. The van der Waals surface area contributed by atoms with Crippen LogP contribution < -0.4 is 0 Å². The van der Waals surface area contributed by atoms with Crippen molar-refractivity contribution >= 4 is 0 Å². The summed E-state index contributed by atoms with van der Waals surface area (Å²) in [5.74, 6) is 4.54. The molecule has 0 aliphatic heterocycles.